The van der Waals surface area contributed by atoms with E-state index in [0.717, 1.165) is 10.4 Å². The van der Waals surface area contributed by atoms with Crippen molar-refractivity contribution in [1.29, 1.82) is 0 Å². The van der Waals surface area contributed by atoms with E-state index in [1.165, 1.54) is 4.88 Å². The van der Waals surface area contributed by atoms with E-state index in [1.54, 1.807) is 38.5 Å². The largest absolute Gasteiger partial charge is 0.497 e. The maximum absolute atomic E-state index is 10.8. The second-order valence-electron chi connectivity index (χ2n) is 4.55. The van der Waals surface area contributed by atoms with Gasteiger partial charge in [0.1, 0.15) is 17.1 Å². The Morgan fingerprint density at radius 2 is 1.84 bits per heavy atom. The minimum Gasteiger partial charge on any atom is -0.497 e. The number of methoxy groups -OCH3 is 2. The number of aliphatic hydroxyl groups is 1. The third kappa shape index (κ3) is 2.60. The van der Waals surface area contributed by atoms with Crippen LogP contribution in [-0.2, 0) is 5.60 Å². The molecule has 4 heteroatoms. The lowest BCUT2D eigenvalue weighted by Gasteiger charge is -2.25. The molecule has 102 valence electrons. The summed E-state index contributed by atoms with van der Waals surface area (Å²) in [6, 6.07) is 9.40. The molecule has 1 N–H and O–H groups in total. The van der Waals surface area contributed by atoms with Crippen molar-refractivity contribution >= 4 is 11.3 Å². The fourth-order valence-electron chi connectivity index (χ4n) is 2.03. The molecule has 0 aliphatic heterocycles. The van der Waals surface area contributed by atoms with Gasteiger partial charge in [-0.3, -0.25) is 0 Å². The van der Waals surface area contributed by atoms with Gasteiger partial charge < -0.3 is 14.6 Å². The number of benzene rings is 1. The highest BCUT2D eigenvalue weighted by atomic mass is 32.1. The Bertz CT molecular complexity index is 573. The zero-order valence-corrected chi connectivity index (χ0v) is 12.4. The topological polar surface area (TPSA) is 38.7 Å². The second-order valence-corrected chi connectivity index (χ2v) is 5.84. The molecule has 3 nitrogen and oxygen atoms in total. The molecule has 2 aromatic rings. The lowest BCUT2D eigenvalue weighted by Crippen LogP contribution is -2.22. The zero-order chi connectivity index (χ0) is 14.0. The van der Waals surface area contributed by atoms with Crippen LogP contribution < -0.4 is 9.47 Å². The predicted molar refractivity (Wildman–Crippen MR) is 77.3 cm³/mol. The molecule has 1 aromatic heterocycles. The van der Waals surface area contributed by atoms with Gasteiger partial charge in [-0.25, -0.2) is 0 Å². The van der Waals surface area contributed by atoms with E-state index in [2.05, 4.69) is 0 Å². The van der Waals surface area contributed by atoms with Crippen LogP contribution in [0.5, 0.6) is 11.5 Å². The van der Waals surface area contributed by atoms with Gasteiger partial charge in [-0.2, -0.15) is 0 Å². The summed E-state index contributed by atoms with van der Waals surface area (Å²) >= 11 is 1.58. The molecule has 0 radical (unpaired) electrons. The standard InChI is InChI=1S/C15H18O3S/c1-10-5-8-14(19-10)15(2,16)12-7-6-11(17-3)9-13(12)18-4/h5-9,16H,1-4H3. The first-order valence-corrected chi connectivity index (χ1v) is 6.82. The van der Waals surface area contributed by atoms with Gasteiger partial charge in [-0.15, -0.1) is 11.3 Å². The van der Waals surface area contributed by atoms with Crippen LogP contribution in [0.4, 0.5) is 0 Å². The van der Waals surface area contributed by atoms with Crippen LogP contribution in [0.3, 0.4) is 0 Å². The van der Waals surface area contributed by atoms with Gasteiger partial charge in [-0.05, 0) is 38.1 Å². The summed E-state index contributed by atoms with van der Waals surface area (Å²) < 4.78 is 10.5. The first kappa shape index (κ1) is 13.9. The van der Waals surface area contributed by atoms with Crippen molar-refractivity contribution in [3.8, 4) is 11.5 Å². The number of hydrogen-bond donors (Lipinski definition) is 1. The highest BCUT2D eigenvalue weighted by Crippen LogP contribution is 2.39. The third-order valence-corrected chi connectivity index (χ3v) is 4.36. The van der Waals surface area contributed by atoms with Gasteiger partial charge in [0.25, 0.3) is 0 Å². The van der Waals surface area contributed by atoms with E-state index in [-0.39, 0.29) is 0 Å². The maximum Gasteiger partial charge on any atom is 0.129 e. The van der Waals surface area contributed by atoms with Crippen LogP contribution in [0.25, 0.3) is 0 Å². The summed E-state index contributed by atoms with van der Waals surface area (Å²) in [5.41, 5.74) is -0.339. The number of ether oxygens (including phenoxy) is 2. The Labute approximate surface area is 117 Å². The average molecular weight is 278 g/mol. The highest BCUT2D eigenvalue weighted by molar-refractivity contribution is 7.12. The quantitative estimate of drug-likeness (QED) is 0.932. The van der Waals surface area contributed by atoms with Gasteiger partial charge in [0.15, 0.2) is 0 Å². The molecule has 0 amide bonds. The number of rotatable bonds is 4. The molecular weight excluding hydrogens is 260 g/mol. The Morgan fingerprint density at radius 3 is 2.37 bits per heavy atom. The van der Waals surface area contributed by atoms with Crippen LogP contribution in [0.15, 0.2) is 30.3 Å². The van der Waals surface area contributed by atoms with Crippen molar-refractivity contribution in [3.05, 3.63) is 45.6 Å². The first-order valence-electron chi connectivity index (χ1n) is 6.01. The van der Waals surface area contributed by atoms with Gasteiger partial charge in [-0.1, -0.05) is 0 Å². The van der Waals surface area contributed by atoms with Gasteiger partial charge in [0, 0.05) is 21.4 Å². The lowest BCUT2D eigenvalue weighted by molar-refractivity contribution is 0.103. The molecule has 0 aliphatic carbocycles. The van der Waals surface area contributed by atoms with E-state index in [4.69, 9.17) is 9.47 Å². The van der Waals surface area contributed by atoms with Crippen molar-refractivity contribution < 1.29 is 14.6 Å². The van der Waals surface area contributed by atoms with Crippen LogP contribution in [-0.4, -0.2) is 19.3 Å². The average Bonchev–Trinajstić information content (AvgIpc) is 2.85. The fourth-order valence-corrected chi connectivity index (χ4v) is 2.96. The molecular formula is C15H18O3S. The SMILES string of the molecule is COc1ccc(C(C)(O)c2ccc(C)s2)c(OC)c1. The van der Waals surface area contributed by atoms with Crippen LogP contribution in [0, 0.1) is 6.92 Å². The van der Waals surface area contributed by atoms with E-state index in [9.17, 15) is 5.11 Å². The molecule has 1 aromatic carbocycles. The Hall–Kier alpha value is -1.52. The second kappa shape index (κ2) is 5.23. The summed E-state index contributed by atoms with van der Waals surface area (Å²) in [6.45, 7) is 3.80. The molecule has 0 bridgehead atoms. The zero-order valence-electron chi connectivity index (χ0n) is 11.6. The van der Waals surface area contributed by atoms with Crippen molar-refractivity contribution in [2.24, 2.45) is 0 Å². The minimum absolute atomic E-state index is 0.621. The Kier molecular flexibility index (Phi) is 3.83. The highest BCUT2D eigenvalue weighted by Gasteiger charge is 2.30. The summed E-state index contributed by atoms with van der Waals surface area (Å²) in [7, 11) is 3.20. The maximum atomic E-state index is 10.8. The minimum atomic E-state index is -1.07. The Morgan fingerprint density at radius 1 is 1.11 bits per heavy atom. The smallest absolute Gasteiger partial charge is 0.129 e. The monoisotopic (exact) mass is 278 g/mol. The molecule has 0 saturated carbocycles. The van der Waals surface area contributed by atoms with Gasteiger partial charge >= 0.3 is 0 Å². The summed E-state index contributed by atoms with van der Waals surface area (Å²) in [5.74, 6) is 1.33. The third-order valence-electron chi connectivity index (χ3n) is 3.15. The van der Waals surface area contributed by atoms with E-state index in [0.29, 0.717) is 11.5 Å². The summed E-state index contributed by atoms with van der Waals surface area (Å²) in [6.07, 6.45) is 0. The van der Waals surface area contributed by atoms with E-state index in [1.807, 2.05) is 31.2 Å². The molecule has 1 atom stereocenters. The molecule has 1 heterocycles. The molecule has 0 spiro atoms. The lowest BCUT2D eigenvalue weighted by atomic mass is 9.93. The normalized spacial score (nSPS) is 13.9. The van der Waals surface area contributed by atoms with Crippen LogP contribution in [0.1, 0.15) is 22.2 Å². The van der Waals surface area contributed by atoms with Crippen LogP contribution >= 0.6 is 11.3 Å². The number of thiophene rings is 1. The molecule has 1 unspecified atom stereocenters. The fraction of sp³-hybridized carbons (Fsp3) is 0.333. The molecule has 0 saturated heterocycles. The van der Waals surface area contributed by atoms with Crippen molar-refractivity contribution in [2.45, 2.75) is 19.4 Å². The van der Waals surface area contributed by atoms with Crippen molar-refractivity contribution in [3.63, 3.8) is 0 Å². The number of hydrogen-bond acceptors (Lipinski definition) is 4. The van der Waals surface area contributed by atoms with E-state index < -0.39 is 5.60 Å². The van der Waals surface area contributed by atoms with Crippen LogP contribution in [0.2, 0.25) is 0 Å². The van der Waals surface area contributed by atoms with Crippen molar-refractivity contribution in [2.75, 3.05) is 14.2 Å². The molecule has 19 heavy (non-hydrogen) atoms. The first-order chi connectivity index (χ1) is 8.98. The predicted octanol–water partition coefficient (Wildman–Crippen LogP) is 3.33. The van der Waals surface area contributed by atoms with E-state index >= 15 is 0 Å². The van der Waals surface area contributed by atoms with Crippen molar-refractivity contribution in [1.82, 2.24) is 0 Å². The number of aryl methyl sites for hydroxylation is 1. The Balaban J connectivity index is 2.50. The summed E-state index contributed by atoms with van der Waals surface area (Å²) in [5, 5.41) is 10.8. The molecule has 0 aliphatic rings. The molecule has 2 rings (SSSR count). The molecule has 0 fully saturated rings. The van der Waals surface area contributed by atoms with Gasteiger partial charge in [0.05, 0.1) is 14.2 Å². The summed E-state index contributed by atoms with van der Waals surface area (Å²) in [4.78, 5) is 2.07. The van der Waals surface area contributed by atoms with Gasteiger partial charge in [0.2, 0.25) is 0 Å².